The van der Waals surface area contributed by atoms with Gasteiger partial charge in [-0.25, -0.2) is 0 Å². The summed E-state index contributed by atoms with van der Waals surface area (Å²) < 4.78 is 1.94. The Balaban J connectivity index is 1.90. The van der Waals surface area contributed by atoms with Gasteiger partial charge in [0.15, 0.2) is 0 Å². The van der Waals surface area contributed by atoms with E-state index in [2.05, 4.69) is 28.6 Å². The van der Waals surface area contributed by atoms with Crippen LogP contribution >= 0.6 is 11.6 Å². The molecule has 3 nitrogen and oxygen atoms in total. The zero-order valence-corrected chi connectivity index (χ0v) is 12.2. The van der Waals surface area contributed by atoms with E-state index in [1.54, 1.807) is 0 Å². The molecule has 2 rings (SSSR count). The third-order valence-corrected chi connectivity index (χ3v) is 3.73. The largest absolute Gasteiger partial charge is 0.317 e. The maximum Gasteiger partial charge on any atom is 0.0492 e. The van der Waals surface area contributed by atoms with E-state index in [-0.39, 0.29) is 0 Å². The van der Waals surface area contributed by atoms with Crippen molar-refractivity contribution in [3.63, 3.8) is 0 Å². The molecule has 0 aliphatic carbocycles. The molecule has 0 saturated carbocycles. The molecule has 1 aromatic heterocycles. The molecule has 1 atom stereocenters. The molecule has 4 heteroatoms. The highest BCUT2D eigenvalue weighted by Crippen LogP contribution is 2.13. The van der Waals surface area contributed by atoms with Crippen LogP contribution < -0.4 is 5.32 Å². The lowest BCUT2D eigenvalue weighted by molar-refractivity contribution is 0.510. The summed E-state index contributed by atoms with van der Waals surface area (Å²) in [6.45, 7) is 0. The molecule has 0 spiro atoms. The van der Waals surface area contributed by atoms with Gasteiger partial charge in [-0.1, -0.05) is 23.7 Å². The van der Waals surface area contributed by atoms with Crippen molar-refractivity contribution in [3.05, 3.63) is 52.8 Å². The van der Waals surface area contributed by atoms with E-state index in [0.29, 0.717) is 6.04 Å². The molecule has 1 aromatic carbocycles. The maximum atomic E-state index is 5.90. The molecule has 1 unspecified atom stereocenters. The lowest BCUT2D eigenvalue weighted by atomic mass is 10.0. The first-order valence-corrected chi connectivity index (χ1v) is 6.95. The average Bonchev–Trinajstić information content (AvgIpc) is 2.82. The molecule has 2 aromatic rings. The van der Waals surface area contributed by atoms with E-state index in [1.165, 1.54) is 11.3 Å². The van der Waals surface area contributed by atoms with Crippen molar-refractivity contribution >= 4 is 11.6 Å². The van der Waals surface area contributed by atoms with Crippen LogP contribution in [0.3, 0.4) is 0 Å². The molecule has 0 saturated heterocycles. The second-order valence-corrected chi connectivity index (χ2v) is 5.24. The van der Waals surface area contributed by atoms with Gasteiger partial charge in [-0.2, -0.15) is 5.10 Å². The normalized spacial score (nSPS) is 12.6. The molecule has 19 heavy (non-hydrogen) atoms. The predicted octanol–water partition coefficient (Wildman–Crippen LogP) is 2.84. The minimum atomic E-state index is 0.469. The Morgan fingerprint density at radius 1 is 1.26 bits per heavy atom. The molecule has 0 fully saturated rings. The van der Waals surface area contributed by atoms with E-state index < -0.39 is 0 Å². The van der Waals surface area contributed by atoms with Crippen LogP contribution in [0.2, 0.25) is 5.02 Å². The number of hydrogen-bond acceptors (Lipinski definition) is 2. The summed E-state index contributed by atoms with van der Waals surface area (Å²) in [5.41, 5.74) is 2.59. The second kappa shape index (κ2) is 6.73. The molecular formula is C15H20ClN3. The van der Waals surface area contributed by atoms with Crippen LogP contribution in [0.4, 0.5) is 0 Å². The van der Waals surface area contributed by atoms with Crippen molar-refractivity contribution in [2.75, 3.05) is 7.05 Å². The lowest BCUT2D eigenvalue weighted by Gasteiger charge is -2.16. The van der Waals surface area contributed by atoms with E-state index >= 15 is 0 Å². The third-order valence-electron chi connectivity index (χ3n) is 3.48. The zero-order valence-electron chi connectivity index (χ0n) is 11.4. The minimum absolute atomic E-state index is 0.469. The Morgan fingerprint density at radius 3 is 2.58 bits per heavy atom. The fourth-order valence-electron chi connectivity index (χ4n) is 2.22. The predicted molar refractivity (Wildman–Crippen MR) is 79.5 cm³/mol. The quantitative estimate of drug-likeness (QED) is 0.880. The van der Waals surface area contributed by atoms with Gasteiger partial charge in [0.05, 0.1) is 0 Å². The van der Waals surface area contributed by atoms with Gasteiger partial charge in [-0.3, -0.25) is 4.68 Å². The molecule has 102 valence electrons. The molecule has 0 bridgehead atoms. The van der Waals surface area contributed by atoms with E-state index in [0.717, 1.165) is 24.3 Å². The zero-order chi connectivity index (χ0) is 13.7. The Hall–Kier alpha value is -1.32. The van der Waals surface area contributed by atoms with Crippen LogP contribution in [-0.4, -0.2) is 22.9 Å². The molecule has 0 aliphatic heterocycles. The summed E-state index contributed by atoms with van der Waals surface area (Å²) in [6.07, 6.45) is 5.00. The fraction of sp³-hybridized carbons (Fsp3) is 0.400. The Kier molecular flexibility index (Phi) is 5.00. The number of benzene rings is 1. The van der Waals surface area contributed by atoms with Gasteiger partial charge in [0.1, 0.15) is 0 Å². The highest BCUT2D eigenvalue weighted by atomic mass is 35.5. The van der Waals surface area contributed by atoms with E-state index in [9.17, 15) is 0 Å². The molecule has 1 heterocycles. The number of rotatable bonds is 6. The summed E-state index contributed by atoms with van der Waals surface area (Å²) in [4.78, 5) is 0. The van der Waals surface area contributed by atoms with Gasteiger partial charge in [0.2, 0.25) is 0 Å². The van der Waals surface area contributed by atoms with Gasteiger partial charge in [-0.15, -0.1) is 0 Å². The molecular weight excluding hydrogens is 258 g/mol. The van der Waals surface area contributed by atoms with Crippen molar-refractivity contribution in [2.24, 2.45) is 7.05 Å². The Morgan fingerprint density at radius 2 is 2.00 bits per heavy atom. The second-order valence-electron chi connectivity index (χ2n) is 4.80. The van der Waals surface area contributed by atoms with Gasteiger partial charge in [-0.05, 0) is 50.1 Å². The van der Waals surface area contributed by atoms with Crippen LogP contribution in [0.5, 0.6) is 0 Å². The van der Waals surface area contributed by atoms with Gasteiger partial charge in [0, 0.05) is 30.0 Å². The first-order chi connectivity index (χ1) is 9.19. The summed E-state index contributed by atoms with van der Waals surface area (Å²) >= 11 is 5.90. The average molecular weight is 278 g/mol. The molecule has 1 N–H and O–H groups in total. The first kappa shape index (κ1) is 14.1. The summed E-state index contributed by atoms with van der Waals surface area (Å²) in [6, 6.07) is 10.6. The van der Waals surface area contributed by atoms with Crippen molar-refractivity contribution in [1.82, 2.24) is 15.1 Å². The van der Waals surface area contributed by atoms with E-state index in [4.69, 9.17) is 11.6 Å². The molecule has 0 radical (unpaired) electrons. The SMILES string of the molecule is CNC(CCc1ccnn1C)Cc1ccc(Cl)cc1. The van der Waals surface area contributed by atoms with Crippen LogP contribution in [0, 0.1) is 0 Å². The number of nitrogens with zero attached hydrogens (tertiary/aromatic N) is 2. The number of likely N-dealkylation sites (N-methyl/N-ethyl adjacent to an activating group) is 1. The third kappa shape index (κ3) is 4.08. The highest BCUT2D eigenvalue weighted by molar-refractivity contribution is 6.30. The Bertz CT molecular complexity index is 504. The summed E-state index contributed by atoms with van der Waals surface area (Å²) in [7, 11) is 4.01. The highest BCUT2D eigenvalue weighted by Gasteiger charge is 2.09. The monoisotopic (exact) mass is 277 g/mol. The number of aromatic nitrogens is 2. The van der Waals surface area contributed by atoms with Gasteiger partial charge in [0.25, 0.3) is 0 Å². The standard InChI is InChI=1S/C15H20ClN3/c1-17-14(7-8-15-9-10-18-19(15)2)11-12-3-5-13(16)6-4-12/h3-6,9-10,14,17H,7-8,11H2,1-2H3. The summed E-state index contributed by atoms with van der Waals surface area (Å²) in [5.74, 6) is 0. The van der Waals surface area contributed by atoms with Crippen molar-refractivity contribution < 1.29 is 0 Å². The van der Waals surface area contributed by atoms with E-state index in [1.807, 2.05) is 37.1 Å². The van der Waals surface area contributed by atoms with Crippen LogP contribution in [0.1, 0.15) is 17.7 Å². The van der Waals surface area contributed by atoms with Crippen LogP contribution in [0.25, 0.3) is 0 Å². The smallest absolute Gasteiger partial charge is 0.0492 e. The number of nitrogens with one attached hydrogen (secondary N) is 1. The first-order valence-electron chi connectivity index (χ1n) is 6.57. The Labute approximate surface area is 119 Å². The fourth-order valence-corrected chi connectivity index (χ4v) is 2.35. The van der Waals surface area contributed by atoms with Crippen molar-refractivity contribution in [1.29, 1.82) is 0 Å². The lowest BCUT2D eigenvalue weighted by Crippen LogP contribution is -2.28. The molecule has 0 aliphatic rings. The van der Waals surface area contributed by atoms with Crippen molar-refractivity contribution in [2.45, 2.75) is 25.3 Å². The topological polar surface area (TPSA) is 29.9 Å². The van der Waals surface area contributed by atoms with Crippen LogP contribution in [-0.2, 0) is 19.9 Å². The molecule has 0 amide bonds. The number of aryl methyl sites for hydroxylation is 2. The van der Waals surface area contributed by atoms with Gasteiger partial charge < -0.3 is 5.32 Å². The summed E-state index contributed by atoms with van der Waals surface area (Å²) in [5, 5.41) is 8.37. The maximum absolute atomic E-state index is 5.90. The number of hydrogen-bond donors (Lipinski definition) is 1. The van der Waals surface area contributed by atoms with Crippen molar-refractivity contribution in [3.8, 4) is 0 Å². The minimum Gasteiger partial charge on any atom is -0.317 e. The number of halogens is 1. The van der Waals surface area contributed by atoms with Crippen LogP contribution in [0.15, 0.2) is 36.5 Å². The van der Waals surface area contributed by atoms with Gasteiger partial charge >= 0.3 is 0 Å².